The van der Waals surface area contributed by atoms with Gasteiger partial charge in [0.2, 0.25) is 5.91 Å². The number of carbonyl (C=O) groups excluding carboxylic acids is 1. The van der Waals surface area contributed by atoms with Crippen molar-refractivity contribution in [1.29, 1.82) is 0 Å². The normalized spacial score (nSPS) is 10.9. The standard InChI is InChI=1S/C21H18BrN5O2S/c1-14-11-16(22)4-5-18(14)24-19(28)13-30-21-26-25-20(15-6-8-23-9-7-15)27(21)12-17-3-2-10-29-17/h2-11H,12-13H2,1H3,(H,24,28). The lowest BCUT2D eigenvalue weighted by Crippen LogP contribution is -2.15. The van der Waals surface area contributed by atoms with Crippen LogP contribution in [-0.2, 0) is 11.3 Å². The number of furan rings is 1. The van der Waals surface area contributed by atoms with Crippen molar-refractivity contribution in [1.82, 2.24) is 19.7 Å². The van der Waals surface area contributed by atoms with E-state index in [4.69, 9.17) is 4.42 Å². The number of aromatic nitrogens is 4. The third-order valence-electron chi connectivity index (χ3n) is 4.34. The van der Waals surface area contributed by atoms with Crippen molar-refractivity contribution < 1.29 is 9.21 Å². The monoisotopic (exact) mass is 483 g/mol. The van der Waals surface area contributed by atoms with E-state index in [0.717, 1.165) is 27.0 Å². The van der Waals surface area contributed by atoms with Crippen LogP contribution in [0.4, 0.5) is 5.69 Å². The van der Waals surface area contributed by atoms with Crippen LogP contribution >= 0.6 is 27.7 Å². The number of nitrogens with one attached hydrogen (secondary N) is 1. The van der Waals surface area contributed by atoms with Crippen molar-refractivity contribution >= 4 is 39.3 Å². The summed E-state index contributed by atoms with van der Waals surface area (Å²) < 4.78 is 8.41. The van der Waals surface area contributed by atoms with Gasteiger partial charge in [0.1, 0.15) is 5.76 Å². The van der Waals surface area contributed by atoms with E-state index in [9.17, 15) is 4.79 Å². The SMILES string of the molecule is Cc1cc(Br)ccc1NC(=O)CSc1nnc(-c2ccncc2)n1Cc1ccco1. The number of pyridine rings is 1. The van der Waals surface area contributed by atoms with E-state index in [2.05, 4.69) is 36.4 Å². The molecular weight excluding hydrogens is 466 g/mol. The molecule has 9 heteroatoms. The summed E-state index contributed by atoms with van der Waals surface area (Å²) in [4.78, 5) is 16.6. The fourth-order valence-electron chi connectivity index (χ4n) is 2.89. The first kappa shape index (κ1) is 20.4. The molecule has 0 fully saturated rings. The Bertz CT molecular complexity index is 1150. The zero-order valence-corrected chi connectivity index (χ0v) is 18.5. The third kappa shape index (κ3) is 4.80. The number of rotatable bonds is 7. The molecule has 0 aliphatic carbocycles. The number of hydrogen-bond acceptors (Lipinski definition) is 6. The van der Waals surface area contributed by atoms with Gasteiger partial charge >= 0.3 is 0 Å². The Kier molecular flexibility index (Phi) is 6.29. The number of nitrogens with zero attached hydrogens (tertiary/aromatic N) is 4. The van der Waals surface area contributed by atoms with Crippen LogP contribution in [0.25, 0.3) is 11.4 Å². The second kappa shape index (κ2) is 9.27. The maximum atomic E-state index is 12.5. The Balaban J connectivity index is 1.52. The molecule has 4 rings (SSSR count). The fourth-order valence-corrected chi connectivity index (χ4v) is 4.11. The van der Waals surface area contributed by atoms with Crippen molar-refractivity contribution in [2.24, 2.45) is 0 Å². The highest BCUT2D eigenvalue weighted by molar-refractivity contribution is 9.10. The summed E-state index contributed by atoms with van der Waals surface area (Å²) in [5.74, 6) is 1.58. The number of thioether (sulfide) groups is 1. The minimum Gasteiger partial charge on any atom is -0.467 e. The Hall–Kier alpha value is -2.91. The Morgan fingerprint density at radius 2 is 2.03 bits per heavy atom. The molecule has 1 N–H and O–H groups in total. The van der Waals surface area contributed by atoms with Gasteiger partial charge in [0.15, 0.2) is 11.0 Å². The van der Waals surface area contributed by atoms with E-state index >= 15 is 0 Å². The second-order valence-electron chi connectivity index (χ2n) is 6.50. The number of aryl methyl sites for hydroxylation is 1. The molecular formula is C21H18BrN5O2S. The number of amides is 1. The molecule has 0 radical (unpaired) electrons. The fraction of sp³-hybridized carbons (Fsp3) is 0.143. The molecule has 0 bridgehead atoms. The number of hydrogen-bond donors (Lipinski definition) is 1. The molecule has 0 atom stereocenters. The Labute approximate surface area is 186 Å². The quantitative estimate of drug-likeness (QED) is 0.380. The minimum absolute atomic E-state index is 0.108. The number of halogens is 1. The van der Waals surface area contributed by atoms with Crippen LogP contribution in [0.2, 0.25) is 0 Å². The van der Waals surface area contributed by atoms with Crippen LogP contribution in [0.3, 0.4) is 0 Å². The summed E-state index contributed by atoms with van der Waals surface area (Å²) in [6.45, 7) is 2.42. The lowest BCUT2D eigenvalue weighted by Gasteiger charge is -2.10. The van der Waals surface area contributed by atoms with E-state index < -0.39 is 0 Å². The summed E-state index contributed by atoms with van der Waals surface area (Å²) in [5.41, 5.74) is 2.67. The first-order valence-corrected chi connectivity index (χ1v) is 10.9. The topological polar surface area (TPSA) is 85.8 Å². The molecule has 0 unspecified atom stereocenters. The van der Waals surface area contributed by atoms with Gasteiger partial charge in [0.25, 0.3) is 0 Å². The van der Waals surface area contributed by atoms with Gasteiger partial charge in [-0.05, 0) is 55.0 Å². The van der Waals surface area contributed by atoms with Gasteiger partial charge in [0, 0.05) is 28.1 Å². The third-order valence-corrected chi connectivity index (χ3v) is 5.80. The molecule has 3 heterocycles. The average Bonchev–Trinajstić information content (AvgIpc) is 3.40. The van der Waals surface area contributed by atoms with Crippen LogP contribution < -0.4 is 5.32 Å². The van der Waals surface area contributed by atoms with Gasteiger partial charge in [-0.25, -0.2) is 0 Å². The molecule has 1 aromatic carbocycles. The predicted molar refractivity (Wildman–Crippen MR) is 119 cm³/mol. The molecule has 0 aliphatic rings. The van der Waals surface area contributed by atoms with Gasteiger partial charge in [-0.3, -0.25) is 14.3 Å². The Morgan fingerprint density at radius 1 is 1.20 bits per heavy atom. The van der Waals surface area contributed by atoms with Crippen molar-refractivity contribution in [3.8, 4) is 11.4 Å². The van der Waals surface area contributed by atoms with E-state index in [-0.39, 0.29) is 11.7 Å². The maximum absolute atomic E-state index is 12.5. The molecule has 4 aromatic rings. The summed E-state index contributed by atoms with van der Waals surface area (Å²) in [7, 11) is 0. The van der Waals surface area contributed by atoms with Crippen molar-refractivity contribution in [2.45, 2.75) is 18.6 Å². The number of anilines is 1. The molecule has 0 aliphatic heterocycles. The minimum atomic E-state index is -0.108. The van der Waals surface area contributed by atoms with Crippen molar-refractivity contribution in [3.63, 3.8) is 0 Å². The predicted octanol–water partition coefficient (Wildman–Crippen LogP) is 4.78. The lowest BCUT2D eigenvalue weighted by molar-refractivity contribution is -0.113. The summed E-state index contributed by atoms with van der Waals surface area (Å²) in [6, 6.07) is 13.2. The van der Waals surface area contributed by atoms with E-state index in [1.165, 1.54) is 11.8 Å². The summed E-state index contributed by atoms with van der Waals surface area (Å²) in [6.07, 6.45) is 5.05. The first-order chi connectivity index (χ1) is 14.6. The van der Waals surface area contributed by atoms with Crippen LogP contribution in [0.15, 0.2) is 75.2 Å². The second-order valence-corrected chi connectivity index (χ2v) is 8.36. The smallest absolute Gasteiger partial charge is 0.234 e. The molecule has 30 heavy (non-hydrogen) atoms. The zero-order valence-electron chi connectivity index (χ0n) is 16.1. The Morgan fingerprint density at radius 3 is 2.77 bits per heavy atom. The van der Waals surface area contributed by atoms with Crippen molar-refractivity contribution in [3.05, 3.63) is 76.9 Å². The molecule has 0 spiro atoms. The summed E-state index contributed by atoms with van der Waals surface area (Å²) >= 11 is 4.76. The molecule has 0 saturated heterocycles. The first-order valence-electron chi connectivity index (χ1n) is 9.15. The highest BCUT2D eigenvalue weighted by Crippen LogP contribution is 2.26. The number of carbonyl (C=O) groups is 1. The van der Waals surface area contributed by atoms with Gasteiger partial charge in [0.05, 0.1) is 18.6 Å². The van der Waals surface area contributed by atoms with E-state index in [0.29, 0.717) is 17.5 Å². The van der Waals surface area contributed by atoms with E-state index in [1.807, 2.05) is 54.0 Å². The maximum Gasteiger partial charge on any atom is 0.234 e. The van der Waals surface area contributed by atoms with Crippen LogP contribution in [0, 0.1) is 6.92 Å². The molecule has 7 nitrogen and oxygen atoms in total. The van der Waals surface area contributed by atoms with Gasteiger partial charge in [-0.15, -0.1) is 10.2 Å². The van der Waals surface area contributed by atoms with Gasteiger partial charge < -0.3 is 9.73 Å². The molecule has 152 valence electrons. The van der Waals surface area contributed by atoms with Crippen LogP contribution in [-0.4, -0.2) is 31.4 Å². The van der Waals surface area contributed by atoms with Crippen molar-refractivity contribution in [2.75, 3.05) is 11.1 Å². The zero-order chi connectivity index (χ0) is 20.9. The molecule has 0 saturated carbocycles. The number of benzene rings is 1. The van der Waals surface area contributed by atoms with Crippen LogP contribution in [0.1, 0.15) is 11.3 Å². The van der Waals surface area contributed by atoms with Gasteiger partial charge in [-0.1, -0.05) is 27.7 Å². The molecule has 3 aromatic heterocycles. The summed E-state index contributed by atoms with van der Waals surface area (Å²) in [5, 5.41) is 12.2. The largest absolute Gasteiger partial charge is 0.467 e. The average molecular weight is 484 g/mol. The lowest BCUT2D eigenvalue weighted by atomic mass is 10.2. The van der Waals surface area contributed by atoms with Crippen LogP contribution in [0.5, 0.6) is 0 Å². The van der Waals surface area contributed by atoms with E-state index in [1.54, 1.807) is 18.7 Å². The van der Waals surface area contributed by atoms with Gasteiger partial charge in [-0.2, -0.15) is 0 Å². The highest BCUT2D eigenvalue weighted by Gasteiger charge is 2.17. The molecule has 1 amide bonds. The highest BCUT2D eigenvalue weighted by atomic mass is 79.9.